The molecule has 2 aromatic carbocycles. The molecule has 0 saturated heterocycles. The maximum atomic E-state index is 12.1. The third-order valence-corrected chi connectivity index (χ3v) is 4.99. The summed E-state index contributed by atoms with van der Waals surface area (Å²) in [5, 5.41) is 2.95. The number of hydrogen-bond acceptors (Lipinski definition) is 12. The molecule has 0 aliphatic heterocycles. The highest BCUT2D eigenvalue weighted by Crippen LogP contribution is 2.20. The average Bonchev–Trinajstić information content (AvgIpc) is 2.99. The molecule has 0 radical (unpaired) electrons. The molecule has 0 saturated carbocycles. The largest absolute Gasteiger partial charge is 0.486 e. The molecule has 210 valence electrons. The van der Waals surface area contributed by atoms with Gasteiger partial charge >= 0.3 is 6.61 Å². The average molecular weight is 562 g/mol. The summed E-state index contributed by atoms with van der Waals surface area (Å²) >= 11 is 0. The zero-order chi connectivity index (χ0) is 28.9. The van der Waals surface area contributed by atoms with Crippen LogP contribution in [0, 0.1) is 0 Å². The third kappa shape index (κ3) is 9.86. The third-order valence-electron chi connectivity index (χ3n) is 4.99. The Kier molecular flexibility index (Phi) is 10.0. The molecular formula is C27H25F2N9O3. The molecule has 3 aromatic heterocycles. The standard InChI is InChI=1S/C16H14F2N6O2.C11H11N3O/c17-14(18)26-12-3-1-11(2-4-12)24-16-22-5-10(6-23-16)9-25-13-7-20-15(19)21-8-13;12-11-13-6-10(7-14-11)15-8-9-4-2-1-3-5-9/h1-8,14H,9H2,(H2,19,20,21)(H,22,23,24);1-7H,8H2,(H2,12,13,14). The van der Waals surface area contributed by atoms with Crippen LogP contribution in [0.4, 0.5) is 32.3 Å². The van der Waals surface area contributed by atoms with Gasteiger partial charge in [0.05, 0.1) is 24.8 Å². The van der Waals surface area contributed by atoms with E-state index in [0.29, 0.717) is 29.7 Å². The first kappa shape index (κ1) is 28.4. The highest BCUT2D eigenvalue weighted by molar-refractivity contribution is 5.54. The normalized spacial score (nSPS) is 10.3. The lowest BCUT2D eigenvalue weighted by molar-refractivity contribution is -0.0498. The molecule has 5 rings (SSSR count). The second kappa shape index (κ2) is 14.5. The zero-order valence-electron chi connectivity index (χ0n) is 21.5. The van der Waals surface area contributed by atoms with Crippen LogP contribution >= 0.6 is 0 Å². The van der Waals surface area contributed by atoms with E-state index in [1.54, 1.807) is 36.9 Å². The van der Waals surface area contributed by atoms with Gasteiger partial charge in [-0.1, -0.05) is 30.3 Å². The topological polar surface area (TPSA) is 169 Å². The Morgan fingerprint density at radius 2 is 1.12 bits per heavy atom. The van der Waals surface area contributed by atoms with E-state index >= 15 is 0 Å². The molecule has 0 fully saturated rings. The zero-order valence-corrected chi connectivity index (χ0v) is 21.5. The Labute approximate surface area is 233 Å². The summed E-state index contributed by atoms with van der Waals surface area (Å²) in [6, 6.07) is 15.9. The molecule has 5 N–H and O–H groups in total. The number of nitrogens with zero attached hydrogens (tertiary/aromatic N) is 6. The van der Waals surface area contributed by atoms with Crippen molar-refractivity contribution < 1.29 is 23.0 Å². The summed E-state index contributed by atoms with van der Waals surface area (Å²) in [4.78, 5) is 23.6. The fraction of sp³-hybridized carbons (Fsp3) is 0.111. The minimum atomic E-state index is -2.85. The highest BCUT2D eigenvalue weighted by atomic mass is 19.3. The number of rotatable bonds is 10. The lowest BCUT2D eigenvalue weighted by Crippen LogP contribution is -2.03. The fourth-order valence-corrected chi connectivity index (χ4v) is 3.05. The Morgan fingerprint density at radius 1 is 0.610 bits per heavy atom. The Morgan fingerprint density at radius 3 is 1.63 bits per heavy atom. The van der Waals surface area contributed by atoms with Crippen molar-refractivity contribution in [3.8, 4) is 17.2 Å². The maximum absolute atomic E-state index is 12.1. The molecule has 5 aromatic rings. The summed E-state index contributed by atoms with van der Waals surface area (Å²) in [7, 11) is 0. The number of halogens is 2. The van der Waals surface area contributed by atoms with Gasteiger partial charge in [0.1, 0.15) is 19.0 Å². The van der Waals surface area contributed by atoms with Crippen molar-refractivity contribution in [2.75, 3.05) is 16.8 Å². The molecule has 0 unspecified atom stereocenters. The van der Waals surface area contributed by atoms with Gasteiger partial charge in [0.15, 0.2) is 11.5 Å². The van der Waals surface area contributed by atoms with Gasteiger partial charge in [0, 0.05) is 23.6 Å². The van der Waals surface area contributed by atoms with Gasteiger partial charge in [-0.2, -0.15) is 8.78 Å². The smallest absolute Gasteiger partial charge is 0.387 e. The van der Waals surface area contributed by atoms with E-state index in [2.05, 4.69) is 40.0 Å². The predicted molar refractivity (Wildman–Crippen MR) is 146 cm³/mol. The summed E-state index contributed by atoms with van der Waals surface area (Å²) in [5.41, 5.74) is 13.2. The van der Waals surface area contributed by atoms with E-state index < -0.39 is 6.61 Å². The summed E-state index contributed by atoms with van der Waals surface area (Å²) in [6.07, 6.45) is 9.27. The van der Waals surface area contributed by atoms with Crippen molar-refractivity contribution in [3.63, 3.8) is 0 Å². The van der Waals surface area contributed by atoms with Gasteiger partial charge in [-0.15, -0.1) is 0 Å². The first-order valence-electron chi connectivity index (χ1n) is 12.0. The molecule has 0 spiro atoms. The van der Waals surface area contributed by atoms with Crippen molar-refractivity contribution in [2.45, 2.75) is 19.8 Å². The van der Waals surface area contributed by atoms with Crippen molar-refractivity contribution in [1.29, 1.82) is 0 Å². The van der Waals surface area contributed by atoms with Gasteiger partial charge in [-0.05, 0) is 29.8 Å². The molecule has 14 heteroatoms. The molecule has 0 bridgehead atoms. The number of ether oxygens (including phenoxy) is 3. The number of aromatic nitrogens is 6. The number of benzene rings is 2. The number of nitrogens with one attached hydrogen (secondary N) is 1. The van der Waals surface area contributed by atoms with E-state index in [1.807, 2.05) is 30.3 Å². The number of nitrogens with two attached hydrogens (primary N) is 2. The van der Waals surface area contributed by atoms with Crippen LogP contribution in [-0.2, 0) is 13.2 Å². The van der Waals surface area contributed by atoms with E-state index in [-0.39, 0.29) is 24.3 Å². The van der Waals surface area contributed by atoms with Crippen LogP contribution in [-0.4, -0.2) is 36.5 Å². The monoisotopic (exact) mass is 561 g/mol. The Hall–Kier alpha value is -5.66. The van der Waals surface area contributed by atoms with Crippen molar-refractivity contribution in [2.24, 2.45) is 0 Å². The maximum Gasteiger partial charge on any atom is 0.387 e. The number of hydrogen-bond donors (Lipinski definition) is 3. The van der Waals surface area contributed by atoms with Crippen molar-refractivity contribution in [3.05, 3.63) is 103 Å². The van der Waals surface area contributed by atoms with E-state index in [4.69, 9.17) is 20.9 Å². The molecule has 0 aliphatic rings. The first-order valence-corrected chi connectivity index (χ1v) is 12.0. The molecule has 0 atom stereocenters. The van der Waals surface area contributed by atoms with Gasteiger partial charge in [-0.25, -0.2) is 29.9 Å². The Bertz CT molecular complexity index is 1460. The summed E-state index contributed by atoms with van der Waals surface area (Å²) in [6.45, 7) is -2.10. The van der Waals surface area contributed by atoms with E-state index in [0.717, 1.165) is 11.1 Å². The van der Waals surface area contributed by atoms with Gasteiger partial charge < -0.3 is 31.0 Å². The number of anilines is 4. The van der Waals surface area contributed by atoms with Gasteiger partial charge in [0.2, 0.25) is 17.8 Å². The van der Waals surface area contributed by atoms with E-state index in [1.165, 1.54) is 24.5 Å². The second-order valence-corrected chi connectivity index (χ2v) is 8.06. The molecular weight excluding hydrogens is 536 g/mol. The van der Waals surface area contributed by atoms with Crippen LogP contribution in [0.5, 0.6) is 17.2 Å². The first-order chi connectivity index (χ1) is 19.9. The number of nitrogen functional groups attached to an aromatic ring is 2. The van der Waals surface area contributed by atoms with Gasteiger partial charge in [0.25, 0.3) is 0 Å². The molecule has 41 heavy (non-hydrogen) atoms. The van der Waals surface area contributed by atoms with Gasteiger partial charge in [-0.3, -0.25) is 0 Å². The molecule has 3 heterocycles. The molecule has 12 nitrogen and oxygen atoms in total. The van der Waals surface area contributed by atoms with E-state index in [9.17, 15) is 8.78 Å². The minimum absolute atomic E-state index is 0.0746. The summed E-state index contributed by atoms with van der Waals surface area (Å²) in [5.74, 6) is 1.95. The fourth-order valence-electron chi connectivity index (χ4n) is 3.05. The van der Waals surface area contributed by atoms with Crippen LogP contribution < -0.4 is 31.0 Å². The van der Waals surface area contributed by atoms with Crippen molar-refractivity contribution >= 4 is 23.5 Å². The Balaban J connectivity index is 0.000000218. The highest BCUT2D eigenvalue weighted by Gasteiger charge is 2.05. The second-order valence-electron chi connectivity index (χ2n) is 8.06. The molecule has 0 aliphatic carbocycles. The molecule has 0 amide bonds. The SMILES string of the molecule is Nc1ncc(OCc2ccccc2)cn1.Nc1ncc(OCc2cnc(Nc3ccc(OC(F)F)cc3)nc2)cn1. The number of alkyl halides is 2. The minimum Gasteiger partial charge on any atom is -0.486 e. The quantitative estimate of drug-likeness (QED) is 0.220. The van der Waals surface area contributed by atoms with Crippen LogP contribution in [0.25, 0.3) is 0 Å². The lowest BCUT2D eigenvalue weighted by atomic mass is 10.2. The van der Waals surface area contributed by atoms with Crippen LogP contribution in [0.15, 0.2) is 91.8 Å². The van der Waals surface area contributed by atoms with Crippen molar-refractivity contribution in [1.82, 2.24) is 29.9 Å². The lowest BCUT2D eigenvalue weighted by Gasteiger charge is -2.08. The van der Waals surface area contributed by atoms with Crippen LogP contribution in [0.3, 0.4) is 0 Å². The van der Waals surface area contributed by atoms with Crippen LogP contribution in [0.2, 0.25) is 0 Å². The summed E-state index contributed by atoms with van der Waals surface area (Å²) < 4.78 is 39.5. The predicted octanol–water partition coefficient (Wildman–Crippen LogP) is 4.41. The van der Waals surface area contributed by atoms with Crippen LogP contribution in [0.1, 0.15) is 11.1 Å².